The molecule has 0 atom stereocenters. The molecule has 0 amide bonds. The Morgan fingerprint density at radius 3 is 2.25 bits per heavy atom. The smallest absolute Gasteiger partial charge is 0.335 e. The van der Waals surface area contributed by atoms with Crippen LogP contribution < -0.4 is 4.74 Å². The van der Waals surface area contributed by atoms with E-state index in [1.807, 2.05) is 45.0 Å². The molecule has 128 valence electrons. The summed E-state index contributed by atoms with van der Waals surface area (Å²) in [6.07, 6.45) is 6.01. The highest BCUT2D eigenvalue weighted by Gasteiger charge is 2.11. The highest BCUT2D eigenvalue weighted by molar-refractivity contribution is 5.93. The zero-order valence-corrected chi connectivity index (χ0v) is 14.9. The first-order valence-corrected chi connectivity index (χ1v) is 8.13. The van der Waals surface area contributed by atoms with Crippen LogP contribution in [-0.2, 0) is 4.79 Å². The van der Waals surface area contributed by atoms with Gasteiger partial charge in [-0.3, -0.25) is 0 Å². The molecule has 0 aliphatic heterocycles. The van der Waals surface area contributed by atoms with Gasteiger partial charge in [0.2, 0.25) is 0 Å². The SMILES string of the molecule is C=C/C(=C\C(=C(C)C)/C(=C\CC)c1ccc(OCC)cc1)C(=O)O. The van der Waals surface area contributed by atoms with E-state index in [0.29, 0.717) is 6.61 Å². The Bertz CT molecular complexity index is 670. The lowest BCUT2D eigenvalue weighted by Crippen LogP contribution is -2.00. The van der Waals surface area contributed by atoms with E-state index in [1.165, 1.54) is 6.08 Å². The van der Waals surface area contributed by atoms with Crippen LogP contribution in [0.2, 0.25) is 0 Å². The summed E-state index contributed by atoms with van der Waals surface area (Å²) in [5, 5.41) is 9.28. The Morgan fingerprint density at radius 1 is 1.21 bits per heavy atom. The molecule has 0 fully saturated rings. The van der Waals surface area contributed by atoms with Gasteiger partial charge in [-0.05, 0) is 62.1 Å². The molecule has 0 aromatic heterocycles. The van der Waals surface area contributed by atoms with Crippen molar-refractivity contribution >= 4 is 11.5 Å². The number of carbonyl (C=O) groups is 1. The van der Waals surface area contributed by atoms with Crippen molar-refractivity contribution in [3.8, 4) is 5.75 Å². The Hall–Kier alpha value is -2.55. The van der Waals surface area contributed by atoms with Crippen molar-refractivity contribution in [1.29, 1.82) is 0 Å². The summed E-state index contributed by atoms with van der Waals surface area (Å²) in [6, 6.07) is 7.86. The number of rotatable bonds is 8. The van der Waals surface area contributed by atoms with Gasteiger partial charge >= 0.3 is 5.97 Å². The van der Waals surface area contributed by atoms with Crippen LogP contribution in [0.3, 0.4) is 0 Å². The van der Waals surface area contributed by atoms with Crippen LogP contribution in [0.25, 0.3) is 5.57 Å². The highest BCUT2D eigenvalue weighted by atomic mass is 16.5. The second-order valence-electron chi connectivity index (χ2n) is 5.51. The summed E-state index contributed by atoms with van der Waals surface area (Å²) < 4.78 is 5.49. The molecule has 0 unspecified atom stereocenters. The van der Waals surface area contributed by atoms with Crippen molar-refractivity contribution in [3.63, 3.8) is 0 Å². The van der Waals surface area contributed by atoms with E-state index < -0.39 is 5.97 Å². The maximum atomic E-state index is 11.3. The molecule has 0 saturated carbocycles. The molecule has 1 aromatic carbocycles. The Kier molecular flexibility index (Phi) is 7.76. The maximum absolute atomic E-state index is 11.3. The molecule has 24 heavy (non-hydrogen) atoms. The van der Waals surface area contributed by atoms with Gasteiger partial charge in [0.05, 0.1) is 12.2 Å². The van der Waals surface area contributed by atoms with Crippen molar-refractivity contribution in [1.82, 2.24) is 0 Å². The van der Waals surface area contributed by atoms with Crippen LogP contribution in [-0.4, -0.2) is 17.7 Å². The summed E-state index contributed by atoms with van der Waals surface area (Å²) in [5.74, 6) is -0.157. The minimum atomic E-state index is -0.980. The molecular weight excluding hydrogens is 300 g/mol. The van der Waals surface area contributed by atoms with Crippen LogP contribution >= 0.6 is 0 Å². The van der Waals surface area contributed by atoms with Crippen LogP contribution in [0, 0.1) is 0 Å². The topological polar surface area (TPSA) is 46.5 Å². The fourth-order valence-electron chi connectivity index (χ4n) is 2.34. The predicted octanol–water partition coefficient (Wildman–Crippen LogP) is 5.41. The van der Waals surface area contributed by atoms with Gasteiger partial charge in [-0.1, -0.05) is 43.4 Å². The molecule has 1 N–H and O–H groups in total. The fraction of sp³-hybridized carbons (Fsp3) is 0.286. The predicted molar refractivity (Wildman–Crippen MR) is 100 cm³/mol. The Labute approximate surface area is 144 Å². The molecule has 0 spiro atoms. The van der Waals surface area contributed by atoms with Crippen molar-refractivity contribution in [2.24, 2.45) is 0 Å². The van der Waals surface area contributed by atoms with Gasteiger partial charge in [0, 0.05) is 0 Å². The van der Waals surface area contributed by atoms with E-state index in [-0.39, 0.29) is 5.57 Å². The Balaban J connectivity index is 3.40. The van der Waals surface area contributed by atoms with Crippen molar-refractivity contribution in [2.75, 3.05) is 6.61 Å². The minimum absolute atomic E-state index is 0.180. The number of hydrogen-bond acceptors (Lipinski definition) is 2. The van der Waals surface area contributed by atoms with Gasteiger partial charge in [-0.15, -0.1) is 0 Å². The van der Waals surface area contributed by atoms with E-state index in [0.717, 1.165) is 34.5 Å². The van der Waals surface area contributed by atoms with Crippen molar-refractivity contribution < 1.29 is 14.6 Å². The van der Waals surface area contributed by atoms with E-state index in [9.17, 15) is 9.90 Å². The first kappa shape index (κ1) is 19.5. The number of allylic oxidation sites excluding steroid dienone is 5. The normalized spacial score (nSPS) is 11.8. The van der Waals surface area contributed by atoms with Gasteiger partial charge in [-0.2, -0.15) is 0 Å². The third kappa shape index (κ3) is 5.27. The van der Waals surface area contributed by atoms with E-state index in [1.54, 1.807) is 6.08 Å². The first-order valence-electron chi connectivity index (χ1n) is 8.13. The van der Waals surface area contributed by atoms with Gasteiger partial charge in [0.1, 0.15) is 5.75 Å². The third-order valence-electron chi connectivity index (χ3n) is 3.48. The quantitative estimate of drug-likeness (QED) is 0.513. The van der Waals surface area contributed by atoms with Crippen LogP contribution in [0.5, 0.6) is 5.75 Å². The standard InChI is InChI=1S/C21H26O3/c1-6-9-19(17-10-12-18(13-11-17)24-8-3)20(15(4)5)14-16(7-2)21(22)23/h7,9-14H,2,6,8H2,1,3-5H3,(H,22,23)/b16-14+,19-9-. The number of ether oxygens (including phenoxy) is 1. The third-order valence-corrected chi connectivity index (χ3v) is 3.48. The second-order valence-corrected chi connectivity index (χ2v) is 5.51. The highest BCUT2D eigenvalue weighted by Crippen LogP contribution is 2.30. The van der Waals surface area contributed by atoms with E-state index in [2.05, 4.69) is 19.6 Å². The summed E-state index contributed by atoms with van der Waals surface area (Å²) in [7, 11) is 0. The van der Waals surface area contributed by atoms with Gasteiger partial charge in [-0.25, -0.2) is 4.79 Å². The van der Waals surface area contributed by atoms with Gasteiger partial charge < -0.3 is 9.84 Å². The van der Waals surface area contributed by atoms with Crippen molar-refractivity contribution in [2.45, 2.75) is 34.1 Å². The number of aliphatic carboxylic acids is 1. The average Bonchev–Trinajstić information content (AvgIpc) is 2.55. The number of benzene rings is 1. The number of hydrogen-bond donors (Lipinski definition) is 1. The molecular formula is C21H26O3. The van der Waals surface area contributed by atoms with Crippen LogP contribution in [0.4, 0.5) is 0 Å². The van der Waals surface area contributed by atoms with Crippen LogP contribution in [0.15, 0.2) is 65.8 Å². The number of carboxylic acid groups (broad SMARTS) is 1. The average molecular weight is 326 g/mol. The van der Waals surface area contributed by atoms with Crippen LogP contribution in [0.1, 0.15) is 39.7 Å². The van der Waals surface area contributed by atoms with Crippen molar-refractivity contribution in [3.05, 3.63) is 71.4 Å². The molecule has 1 aromatic rings. The van der Waals surface area contributed by atoms with E-state index >= 15 is 0 Å². The summed E-state index contributed by atoms with van der Waals surface area (Å²) in [6.45, 7) is 12.2. The Morgan fingerprint density at radius 2 is 1.83 bits per heavy atom. The fourth-order valence-corrected chi connectivity index (χ4v) is 2.34. The zero-order valence-electron chi connectivity index (χ0n) is 14.9. The minimum Gasteiger partial charge on any atom is -0.494 e. The largest absolute Gasteiger partial charge is 0.494 e. The molecule has 0 aliphatic rings. The maximum Gasteiger partial charge on any atom is 0.335 e. The molecule has 3 heteroatoms. The summed E-state index contributed by atoms with van der Waals surface area (Å²) >= 11 is 0. The zero-order chi connectivity index (χ0) is 18.1. The molecule has 0 radical (unpaired) electrons. The van der Waals surface area contributed by atoms with Gasteiger partial charge in [0.25, 0.3) is 0 Å². The lowest BCUT2D eigenvalue weighted by molar-refractivity contribution is -0.132. The molecule has 0 aliphatic carbocycles. The summed E-state index contributed by atoms with van der Waals surface area (Å²) in [4.78, 5) is 11.3. The second kappa shape index (κ2) is 9.56. The lowest BCUT2D eigenvalue weighted by atomic mass is 9.92. The molecule has 0 saturated heterocycles. The molecule has 1 rings (SSSR count). The van der Waals surface area contributed by atoms with E-state index in [4.69, 9.17) is 4.74 Å². The molecule has 0 heterocycles. The molecule has 0 bridgehead atoms. The lowest BCUT2D eigenvalue weighted by Gasteiger charge is -2.14. The monoisotopic (exact) mass is 326 g/mol. The van der Waals surface area contributed by atoms with Gasteiger partial charge in [0.15, 0.2) is 0 Å². The summed E-state index contributed by atoms with van der Waals surface area (Å²) in [5.41, 5.74) is 4.17. The number of carboxylic acids is 1. The first-order chi connectivity index (χ1) is 11.4. The molecule has 3 nitrogen and oxygen atoms in total.